The van der Waals surface area contributed by atoms with E-state index in [2.05, 4.69) is 16.9 Å². The molecule has 0 saturated heterocycles. The number of nitrogens with zero attached hydrogens (tertiary/aromatic N) is 1. The van der Waals surface area contributed by atoms with Crippen LogP contribution in [-0.2, 0) is 0 Å². The van der Waals surface area contributed by atoms with Gasteiger partial charge >= 0.3 is 5.69 Å². The van der Waals surface area contributed by atoms with Crippen LogP contribution in [0.25, 0.3) is 0 Å². The molecule has 0 radical (unpaired) electrons. The van der Waals surface area contributed by atoms with Gasteiger partial charge in [-0.1, -0.05) is 103 Å². The first kappa shape index (κ1) is 23.3. The molecule has 150 valence electrons. The summed E-state index contributed by atoms with van der Waals surface area (Å²) >= 11 is 1.73. The molecule has 0 amide bonds. The van der Waals surface area contributed by atoms with Crippen LogP contribution in [-0.4, -0.2) is 15.7 Å². The molecule has 0 atom stereocenters. The molecule has 1 N–H and O–H groups in total. The molecular formula is C22H40N2OS. The summed E-state index contributed by atoms with van der Waals surface area (Å²) in [5.74, 6) is 1.08. The van der Waals surface area contributed by atoms with Gasteiger partial charge in [0, 0.05) is 6.20 Å². The highest BCUT2D eigenvalue weighted by molar-refractivity contribution is 7.99. The molecule has 1 aromatic heterocycles. The second kappa shape index (κ2) is 17.6. The standard InChI is InChI=1S/C22H40N2OS/c1-2-3-4-5-6-7-8-9-10-11-12-13-14-15-16-17-20-26-21-18-19-23-22(25)24-21/h18-19H,2-17,20H2,1H3,(H,23,24,25). The zero-order valence-electron chi connectivity index (χ0n) is 16.9. The highest BCUT2D eigenvalue weighted by Crippen LogP contribution is 2.17. The van der Waals surface area contributed by atoms with E-state index in [1.54, 1.807) is 18.0 Å². The van der Waals surface area contributed by atoms with Crippen molar-refractivity contribution >= 4 is 11.8 Å². The molecule has 0 spiro atoms. The minimum Gasteiger partial charge on any atom is -0.300 e. The van der Waals surface area contributed by atoms with Crippen molar-refractivity contribution in [2.24, 2.45) is 0 Å². The van der Waals surface area contributed by atoms with Gasteiger partial charge in [-0.15, -0.1) is 11.8 Å². The van der Waals surface area contributed by atoms with Crippen LogP contribution in [0.4, 0.5) is 0 Å². The largest absolute Gasteiger partial charge is 0.345 e. The number of hydrogen-bond acceptors (Lipinski definition) is 3. The Balaban J connectivity index is 1.74. The number of aromatic nitrogens is 2. The molecule has 0 saturated carbocycles. The van der Waals surface area contributed by atoms with Crippen molar-refractivity contribution in [1.29, 1.82) is 0 Å². The summed E-state index contributed by atoms with van der Waals surface area (Å²) in [6, 6.07) is 1.87. The third-order valence-corrected chi connectivity index (χ3v) is 5.95. The highest BCUT2D eigenvalue weighted by atomic mass is 32.2. The molecule has 0 aliphatic carbocycles. The molecule has 0 unspecified atom stereocenters. The molecule has 1 rings (SSSR count). The van der Waals surface area contributed by atoms with E-state index in [1.165, 1.54) is 103 Å². The number of H-pyrrole nitrogens is 1. The summed E-state index contributed by atoms with van der Waals surface area (Å²) in [6.45, 7) is 2.28. The van der Waals surface area contributed by atoms with Gasteiger partial charge in [-0.3, -0.25) is 0 Å². The van der Waals surface area contributed by atoms with Gasteiger partial charge in [0.15, 0.2) is 0 Å². The Morgan fingerprint density at radius 3 is 1.69 bits per heavy atom. The first-order valence-electron chi connectivity index (χ1n) is 11.0. The van der Waals surface area contributed by atoms with E-state index in [0.29, 0.717) is 0 Å². The number of nitrogens with one attached hydrogen (secondary N) is 1. The van der Waals surface area contributed by atoms with Crippen LogP contribution in [0.2, 0.25) is 0 Å². The smallest absolute Gasteiger partial charge is 0.300 e. The Bertz CT molecular complexity index is 475. The molecule has 26 heavy (non-hydrogen) atoms. The Labute approximate surface area is 165 Å². The van der Waals surface area contributed by atoms with E-state index in [1.807, 2.05) is 6.07 Å². The molecule has 0 bridgehead atoms. The zero-order valence-corrected chi connectivity index (χ0v) is 17.8. The highest BCUT2D eigenvalue weighted by Gasteiger charge is 1.97. The van der Waals surface area contributed by atoms with E-state index in [0.717, 1.165) is 10.8 Å². The fraction of sp³-hybridized carbons (Fsp3) is 0.818. The summed E-state index contributed by atoms with van der Waals surface area (Å²) in [6.07, 6.45) is 24.0. The lowest BCUT2D eigenvalue weighted by atomic mass is 10.0. The summed E-state index contributed by atoms with van der Waals surface area (Å²) in [5.41, 5.74) is -0.248. The van der Waals surface area contributed by atoms with E-state index in [-0.39, 0.29) is 5.69 Å². The van der Waals surface area contributed by atoms with E-state index in [4.69, 9.17) is 0 Å². The predicted octanol–water partition coefficient (Wildman–Crippen LogP) is 7.12. The molecule has 4 heteroatoms. The van der Waals surface area contributed by atoms with E-state index >= 15 is 0 Å². The van der Waals surface area contributed by atoms with E-state index in [9.17, 15) is 4.79 Å². The second-order valence-corrected chi connectivity index (χ2v) is 8.53. The van der Waals surface area contributed by atoms with Gasteiger partial charge in [0.1, 0.15) is 0 Å². The quantitative estimate of drug-likeness (QED) is 0.167. The number of thioether (sulfide) groups is 1. The molecule has 1 aromatic rings. The SMILES string of the molecule is CCCCCCCCCCCCCCCCCCSc1ccnc(=O)[nH]1. The van der Waals surface area contributed by atoms with Gasteiger partial charge in [0.25, 0.3) is 0 Å². The maximum atomic E-state index is 11.1. The molecule has 0 aromatic carbocycles. The van der Waals surface area contributed by atoms with Crippen LogP contribution in [0.5, 0.6) is 0 Å². The van der Waals surface area contributed by atoms with Gasteiger partial charge in [-0.05, 0) is 18.2 Å². The summed E-state index contributed by atoms with van der Waals surface area (Å²) in [5, 5.41) is 0.936. The summed E-state index contributed by atoms with van der Waals surface area (Å²) in [7, 11) is 0. The molecule has 0 aliphatic heterocycles. The zero-order chi connectivity index (χ0) is 18.7. The van der Waals surface area contributed by atoms with Gasteiger partial charge in [-0.2, -0.15) is 0 Å². The lowest BCUT2D eigenvalue weighted by Gasteiger charge is -2.04. The maximum absolute atomic E-state index is 11.1. The normalized spacial score (nSPS) is 11.1. The van der Waals surface area contributed by atoms with Gasteiger partial charge < -0.3 is 4.98 Å². The fourth-order valence-corrected chi connectivity index (χ4v) is 4.15. The van der Waals surface area contributed by atoms with Crippen molar-refractivity contribution in [3.05, 3.63) is 22.7 Å². The van der Waals surface area contributed by atoms with E-state index < -0.39 is 0 Å². The minimum atomic E-state index is -0.248. The Kier molecular flexibility index (Phi) is 15.8. The molecule has 0 fully saturated rings. The van der Waals surface area contributed by atoms with Crippen molar-refractivity contribution in [2.45, 2.75) is 115 Å². The summed E-state index contributed by atoms with van der Waals surface area (Å²) in [4.78, 5) is 17.5. The number of unbranched alkanes of at least 4 members (excludes halogenated alkanes) is 15. The average molecular weight is 381 g/mol. The van der Waals surface area contributed by atoms with Crippen LogP contribution >= 0.6 is 11.8 Å². The lowest BCUT2D eigenvalue weighted by Crippen LogP contribution is -2.08. The minimum absolute atomic E-state index is 0.248. The monoisotopic (exact) mass is 380 g/mol. The van der Waals surface area contributed by atoms with Crippen LogP contribution in [0.3, 0.4) is 0 Å². The molecular weight excluding hydrogens is 340 g/mol. The van der Waals surface area contributed by atoms with Gasteiger partial charge in [0.2, 0.25) is 0 Å². The van der Waals surface area contributed by atoms with Gasteiger partial charge in [-0.25, -0.2) is 9.78 Å². The predicted molar refractivity (Wildman–Crippen MR) is 115 cm³/mol. The maximum Gasteiger partial charge on any atom is 0.345 e. The van der Waals surface area contributed by atoms with Crippen molar-refractivity contribution in [3.8, 4) is 0 Å². The average Bonchev–Trinajstić information content (AvgIpc) is 2.64. The third kappa shape index (κ3) is 14.4. The van der Waals surface area contributed by atoms with Crippen molar-refractivity contribution < 1.29 is 0 Å². The van der Waals surface area contributed by atoms with Crippen LogP contribution in [0.15, 0.2) is 22.1 Å². The first-order chi connectivity index (χ1) is 12.8. The van der Waals surface area contributed by atoms with Crippen LogP contribution < -0.4 is 5.69 Å². The number of aromatic amines is 1. The number of rotatable bonds is 18. The third-order valence-electron chi connectivity index (χ3n) is 4.90. The second-order valence-electron chi connectivity index (χ2n) is 7.39. The van der Waals surface area contributed by atoms with Crippen LogP contribution in [0.1, 0.15) is 110 Å². The van der Waals surface area contributed by atoms with Crippen molar-refractivity contribution in [1.82, 2.24) is 9.97 Å². The lowest BCUT2D eigenvalue weighted by molar-refractivity contribution is 0.531. The molecule has 1 heterocycles. The topological polar surface area (TPSA) is 45.8 Å². The molecule has 3 nitrogen and oxygen atoms in total. The fourth-order valence-electron chi connectivity index (χ4n) is 3.27. The number of hydrogen-bond donors (Lipinski definition) is 1. The first-order valence-corrected chi connectivity index (χ1v) is 12.0. The Morgan fingerprint density at radius 2 is 1.23 bits per heavy atom. The molecule has 0 aliphatic rings. The van der Waals surface area contributed by atoms with Crippen LogP contribution in [0, 0.1) is 0 Å². The Hall–Kier alpha value is -0.770. The Morgan fingerprint density at radius 1 is 0.769 bits per heavy atom. The van der Waals surface area contributed by atoms with Crippen molar-refractivity contribution in [3.63, 3.8) is 0 Å². The summed E-state index contributed by atoms with van der Waals surface area (Å²) < 4.78 is 0. The van der Waals surface area contributed by atoms with Gasteiger partial charge in [0.05, 0.1) is 5.03 Å². The van der Waals surface area contributed by atoms with Crippen molar-refractivity contribution in [2.75, 3.05) is 5.75 Å².